The lowest BCUT2D eigenvalue weighted by atomic mass is 9.91. The highest BCUT2D eigenvalue weighted by atomic mass is 19.4. The maximum Gasteiger partial charge on any atom is 0.417 e. The Morgan fingerprint density at radius 3 is 2.44 bits per heavy atom. The van der Waals surface area contributed by atoms with E-state index in [0.717, 1.165) is 0 Å². The number of hydrogen-bond acceptors (Lipinski definition) is 3. The SMILES string of the molecule is COCCNC(=O)N1CCC(O)(C(F)(F)F)CC1. The second kappa shape index (κ2) is 5.75. The molecule has 8 heteroatoms. The van der Waals surface area contributed by atoms with Crippen LogP contribution in [0.25, 0.3) is 0 Å². The van der Waals surface area contributed by atoms with Crippen LogP contribution in [0.4, 0.5) is 18.0 Å². The summed E-state index contributed by atoms with van der Waals surface area (Å²) in [6.45, 7) is 0.408. The molecule has 1 heterocycles. The molecule has 1 aliphatic rings. The fourth-order valence-corrected chi connectivity index (χ4v) is 1.74. The lowest BCUT2D eigenvalue weighted by Crippen LogP contribution is -2.56. The molecule has 0 aliphatic carbocycles. The highest BCUT2D eigenvalue weighted by Crippen LogP contribution is 2.38. The van der Waals surface area contributed by atoms with E-state index in [1.807, 2.05) is 0 Å². The van der Waals surface area contributed by atoms with Crippen LogP contribution in [0.3, 0.4) is 0 Å². The van der Waals surface area contributed by atoms with E-state index in [1.54, 1.807) is 0 Å². The summed E-state index contributed by atoms with van der Waals surface area (Å²) in [6, 6.07) is -0.434. The minimum Gasteiger partial charge on any atom is -0.383 e. The molecule has 0 saturated carbocycles. The second-order valence-electron chi connectivity index (χ2n) is 4.24. The summed E-state index contributed by atoms with van der Waals surface area (Å²) in [6.07, 6.45) is -5.63. The number of urea groups is 1. The van der Waals surface area contributed by atoms with Crippen molar-refractivity contribution in [3.8, 4) is 0 Å². The molecule has 1 saturated heterocycles. The molecule has 0 aromatic rings. The van der Waals surface area contributed by atoms with Crippen molar-refractivity contribution in [2.45, 2.75) is 24.6 Å². The number of nitrogens with zero attached hydrogens (tertiary/aromatic N) is 1. The predicted octanol–water partition coefficient (Wildman–Crippen LogP) is 0.732. The highest BCUT2D eigenvalue weighted by Gasteiger charge is 2.54. The van der Waals surface area contributed by atoms with Gasteiger partial charge in [-0.15, -0.1) is 0 Å². The van der Waals surface area contributed by atoms with Gasteiger partial charge in [0.05, 0.1) is 6.61 Å². The number of amides is 2. The van der Waals surface area contributed by atoms with Gasteiger partial charge in [-0.3, -0.25) is 0 Å². The van der Waals surface area contributed by atoms with E-state index in [-0.39, 0.29) is 13.1 Å². The first kappa shape index (κ1) is 15.0. The molecule has 0 spiro atoms. The molecule has 5 nitrogen and oxygen atoms in total. The molecule has 0 unspecified atom stereocenters. The number of carbonyl (C=O) groups is 1. The third-order valence-corrected chi connectivity index (χ3v) is 2.99. The topological polar surface area (TPSA) is 61.8 Å². The number of likely N-dealkylation sites (tertiary alicyclic amines) is 1. The van der Waals surface area contributed by atoms with Gasteiger partial charge in [0, 0.05) is 39.6 Å². The van der Waals surface area contributed by atoms with Crippen LogP contribution in [-0.2, 0) is 4.74 Å². The number of piperidine rings is 1. The normalized spacial score (nSPS) is 19.7. The average molecular weight is 270 g/mol. The number of rotatable bonds is 3. The number of methoxy groups -OCH3 is 1. The average Bonchev–Trinajstić information content (AvgIpc) is 2.28. The summed E-state index contributed by atoms with van der Waals surface area (Å²) >= 11 is 0. The Bertz CT molecular complexity index is 289. The van der Waals surface area contributed by atoms with Gasteiger partial charge in [-0.05, 0) is 0 Å². The molecule has 0 bridgehead atoms. The summed E-state index contributed by atoms with van der Waals surface area (Å²) in [4.78, 5) is 12.8. The van der Waals surface area contributed by atoms with Crippen LogP contribution in [0.2, 0.25) is 0 Å². The van der Waals surface area contributed by atoms with E-state index in [1.165, 1.54) is 12.0 Å². The van der Waals surface area contributed by atoms with Crippen molar-refractivity contribution in [1.82, 2.24) is 10.2 Å². The van der Waals surface area contributed by atoms with Gasteiger partial charge in [-0.1, -0.05) is 0 Å². The number of ether oxygens (including phenoxy) is 1. The largest absolute Gasteiger partial charge is 0.417 e. The van der Waals surface area contributed by atoms with E-state index in [4.69, 9.17) is 4.74 Å². The minimum atomic E-state index is -4.65. The molecular formula is C10H17F3N2O3. The summed E-state index contributed by atoms with van der Waals surface area (Å²) in [7, 11) is 1.48. The first-order chi connectivity index (χ1) is 8.30. The smallest absolute Gasteiger partial charge is 0.383 e. The van der Waals surface area contributed by atoms with Crippen LogP contribution in [-0.4, -0.2) is 61.2 Å². The molecule has 1 rings (SSSR count). The van der Waals surface area contributed by atoms with Gasteiger partial charge in [0.25, 0.3) is 0 Å². The quantitative estimate of drug-likeness (QED) is 0.743. The molecule has 0 radical (unpaired) electrons. The summed E-state index contributed by atoms with van der Waals surface area (Å²) in [5.41, 5.74) is -2.67. The number of hydrogen-bond donors (Lipinski definition) is 2. The monoisotopic (exact) mass is 270 g/mol. The zero-order chi connectivity index (χ0) is 13.8. The number of carbonyl (C=O) groups excluding carboxylic acids is 1. The maximum absolute atomic E-state index is 12.5. The van der Waals surface area contributed by atoms with Crippen LogP contribution in [0, 0.1) is 0 Å². The molecule has 2 amide bonds. The molecule has 106 valence electrons. The van der Waals surface area contributed by atoms with E-state index in [2.05, 4.69) is 5.32 Å². The minimum absolute atomic E-state index is 0.116. The molecular weight excluding hydrogens is 253 g/mol. The Morgan fingerprint density at radius 2 is 2.00 bits per heavy atom. The highest BCUT2D eigenvalue weighted by molar-refractivity contribution is 5.74. The lowest BCUT2D eigenvalue weighted by Gasteiger charge is -2.38. The summed E-state index contributed by atoms with van der Waals surface area (Å²) in [5.74, 6) is 0. The van der Waals surface area contributed by atoms with Gasteiger partial charge in [0.15, 0.2) is 5.60 Å². The zero-order valence-corrected chi connectivity index (χ0v) is 10.1. The van der Waals surface area contributed by atoms with Gasteiger partial charge < -0.3 is 20.1 Å². The van der Waals surface area contributed by atoms with Crippen molar-refractivity contribution in [1.29, 1.82) is 0 Å². The predicted molar refractivity (Wildman–Crippen MR) is 57.1 cm³/mol. The standard InChI is InChI=1S/C10H17F3N2O3/c1-18-7-4-14-8(16)15-5-2-9(17,3-6-15)10(11,12)13/h17H,2-7H2,1H3,(H,14,16). The van der Waals surface area contributed by atoms with Gasteiger partial charge in [0.2, 0.25) is 0 Å². The van der Waals surface area contributed by atoms with E-state index in [0.29, 0.717) is 13.2 Å². The first-order valence-electron chi connectivity index (χ1n) is 5.61. The summed E-state index contributed by atoms with van der Waals surface area (Å²) in [5, 5.41) is 11.9. The van der Waals surface area contributed by atoms with Crippen molar-refractivity contribution in [3.63, 3.8) is 0 Å². The Labute approximate surface area is 103 Å². The van der Waals surface area contributed by atoms with Crippen LogP contribution in [0.15, 0.2) is 0 Å². The number of aliphatic hydroxyl groups is 1. The number of nitrogens with one attached hydrogen (secondary N) is 1. The first-order valence-corrected chi connectivity index (χ1v) is 5.61. The molecule has 1 fully saturated rings. The Kier molecular flexibility index (Phi) is 4.80. The van der Waals surface area contributed by atoms with Crippen molar-refractivity contribution in [2.75, 3.05) is 33.4 Å². The third kappa shape index (κ3) is 3.49. The molecule has 0 atom stereocenters. The van der Waals surface area contributed by atoms with Gasteiger partial charge >= 0.3 is 12.2 Å². The van der Waals surface area contributed by atoms with Gasteiger partial charge in [-0.2, -0.15) is 13.2 Å². The zero-order valence-electron chi connectivity index (χ0n) is 10.1. The van der Waals surface area contributed by atoms with E-state index >= 15 is 0 Å². The van der Waals surface area contributed by atoms with Crippen molar-refractivity contribution in [3.05, 3.63) is 0 Å². The van der Waals surface area contributed by atoms with Crippen LogP contribution < -0.4 is 5.32 Å². The van der Waals surface area contributed by atoms with Crippen LogP contribution in [0.1, 0.15) is 12.8 Å². The van der Waals surface area contributed by atoms with E-state index < -0.39 is 30.7 Å². The lowest BCUT2D eigenvalue weighted by molar-refractivity contribution is -0.271. The Morgan fingerprint density at radius 1 is 1.44 bits per heavy atom. The fraction of sp³-hybridized carbons (Fsp3) is 0.900. The van der Waals surface area contributed by atoms with Crippen LogP contribution >= 0.6 is 0 Å². The van der Waals surface area contributed by atoms with Crippen molar-refractivity contribution in [2.24, 2.45) is 0 Å². The van der Waals surface area contributed by atoms with Crippen molar-refractivity contribution < 1.29 is 27.8 Å². The van der Waals surface area contributed by atoms with Gasteiger partial charge in [-0.25, -0.2) is 4.79 Å². The third-order valence-electron chi connectivity index (χ3n) is 2.99. The maximum atomic E-state index is 12.5. The molecule has 1 aliphatic heterocycles. The van der Waals surface area contributed by atoms with E-state index in [9.17, 15) is 23.1 Å². The molecule has 0 aromatic heterocycles. The molecule has 18 heavy (non-hydrogen) atoms. The molecule has 2 N–H and O–H groups in total. The Balaban J connectivity index is 2.42. The number of halogens is 3. The van der Waals surface area contributed by atoms with Crippen molar-refractivity contribution >= 4 is 6.03 Å². The fourth-order valence-electron chi connectivity index (χ4n) is 1.74. The van der Waals surface area contributed by atoms with Gasteiger partial charge in [0.1, 0.15) is 0 Å². The molecule has 0 aromatic carbocycles. The Hall–Kier alpha value is -1.02. The van der Waals surface area contributed by atoms with Crippen LogP contribution in [0.5, 0.6) is 0 Å². The second-order valence-corrected chi connectivity index (χ2v) is 4.24. The number of alkyl halides is 3. The summed E-state index contributed by atoms with van der Waals surface area (Å²) < 4.78 is 42.3.